The molecule has 1 amide bonds. The van der Waals surface area contributed by atoms with Gasteiger partial charge >= 0.3 is 0 Å². The summed E-state index contributed by atoms with van der Waals surface area (Å²) < 4.78 is 0. The predicted octanol–water partition coefficient (Wildman–Crippen LogP) is 2.39. The molecule has 0 aliphatic carbocycles. The van der Waals surface area contributed by atoms with E-state index in [9.17, 15) is 4.79 Å². The van der Waals surface area contributed by atoms with Gasteiger partial charge in [-0.1, -0.05) is 22.9 Å². The maximum absolute atomic E-state index is 10.8. The van der Waals surface area contributed by atoms with E-state index in [4.69, 9.17) is 5.73 Å². The minimum Gasteiger partial charge on any atom is -0.370 e. The van der Waals surface area contributed by atoms with Crippen LogP contribution in [0.5, 0.6) is 0 Å². The van der Waals surface area contributed by atoms with Crippen LogP contribution < -0.4 is 5.73 Å². The van der Waals surface area contributed by atoms with Crippen LogP contribution in [0.3, 0.4) is 0 Å². The van der Waals surface area contributed by atoms with Gasteiger partial charge in [-0.05, 0) is 57.2 Å². The fraction of sp³-hybridized carbons (Fsp3) is 0.923. The van der Waals surface area contributed by atoms with E-state index in [2.05, 4.69) is 27.8 Å². The van der Waals surface area contributed by atoms with Crippen molar-refractivity contribution in [2.45, 2.75) is 39.0 Å². The predicted molar refractivity (Wildman–Crippen MR) is 75.2 cm³/mol. The summed E-state index contributed by atoms with van der Waals surface area (Å²) in [6, 6.07) is 0. The van der Waals surface area contributed by atoms with Gasteiger partial charge in [-0.2, -0.15) is 0 Å². The van der Waals surface area contributed by atoms with Crippen molar-refractivity contribution in [1.82, 2.24) is 4.90 Å². The molecular weight excluding hydrogens is 280 g/mol. The lowest BCUT2D eigenvalue weighted by atomic mass is 9.93. The zero-order valence-electron chi connectivity index (χ0n) is 10.8. The highest BCUT2D eigenvalue weighted by atomic mass is 79.9. The number of rotatable bonds is 7. The Kier molecular flexibility index (Phi) is 7.12. The second-order valence-corrected chi connectivity index (χ2v) is 6.12. The Labute approximate surface area is 113 Å². The average Bonchev–Trinajstić information content (AvgIpc) is 2.28. The van der Waals surface area contributed by atoms with Gasteiger partial charge in [-0.3, -0.25) is 4.79 Å². The summed E-state index contributed by atoms with van der Waals surface area (Å²) in [6.45, 7) is 5.80. The lowest BCUT2D eigenvalue weighted by Crippen LogP contribution is -2.36. The molecule has 1 saturated heterocycles. The summed E-state index contributed by atoms with van der Waals surface area (Å²) in [5.41, 5.74) is 5.23. The zero-order valence-corrected chi connectivity index (χ0v) is 12.4. The van der Waals surface area contributed by atoms with E-state index < -0.39 is 0 Å². The molecule has 1 aliphatic rings. The number of carbonyl (C=O) groups is 1. The minimum atomic E-state index is -0.144. The number of likely N-dealkylation sites (tertiary alicyclic amines) is 1. The molecule has 1 heterocycles. The number of primary amides is 1. The van der Waals surface area contributed by atoms with Gasteiger partial charge in [-0.25, -0.2) is 0 Å². The van der Waals surface area contributed by atoms with Crippen molar-refractivity contribution < 1.29 is 4.79 Å². The fourth-order valence-electron chi connectivity index (χ4n) is 2.43. The second kappa shape index (κ2) is 8.09. The van der Waals surface area contributed by atoms with Crippen LogP contribution in [0.2, 0.25) is 0 Å². The van der Waals surface area contributed by atoms with Gasteiger partial charge in [0, 0.05) is 11.8 Å². The Morgan fingerprint density at radius 2 is 2.06 bits per heavy atom. The van der Waals surface area contributed by atoms with Gasteiger partial charge in [0.1, 0.15) is 0 Å². The van der Waals surface area contributed by atoms with Gasteiger partial charge in [0.2, 0.25) is 5.91 Å². The van der Waals surface area contributed by atoms with Crippen molar-refractivity contribution in [3.8, 4) is 0 Å². The van der Waals surface area contributed by atoms with Crippen LogP contribution in [-0.2, 0) is 4.79 Å². The molecule has 1 unspecified atom stereocenters. The molecule has 0 aromatic rings. The maximum atomic E-state index is 10.8. The lowest BCUT2D eigenvalue weighted by Gasteiger charge is -2.32. The molecular formula is C13H25BrN2O. The molecule has 1 atom stereocenters. The van der Waals surface area contributed by atoms with Crippen LogP contribution in [0.4, 0.5) is 0 Å². The Morgan fingerprint density at radius 3 is 2.59 bits per heavy atom. The topological polar surface area (TPSA) is 46.3 Å². The highest BCUT2D eigenvalue weighted by Gasteiger charge is 2.20. The largest absolute Gasteiger partial charge is 0.370 e. The van der Waals surface area contributed by atoms with E-state index in [1.165, 1.54) is 19.4 Å². The van der Waals surface area contributed by atoms with Crippen molar-refractivity contribution in [3.05, 3.63) is 0 Å². The number of amides is 1. The highest BCUT2D eigenvalue weighted by molar-refractivity contribution is 9.09. The van der Waals surface area contributed by atoms with Crippen LogP contribution in [-0.4, -0.2) is 35.8 Å². The molecule has 0 aromatic carbocycles. The first-order valence-corrected chi connectivity index (χ1v) is 7.80. The smallest absolute Gasteiger partial charge is 0.217 e. The first-order chi connectivity index (χ1) is 8.11. The molecule has 1 aliphatic heterocycles. The van der Waals surface area contributed by atoms with E-state index in [1.807, 2.05) is 0 Å². The van der Waals surface area contributed by atoms with Gasteiger partial charge < -0.3 is 10.6 Å². The third-order valence-corrected chi connectivity index (χ3v) is 4.19. The minimum absolute atomic E-state index is 0.144. The maximum Gasteiger partial charge on any atom is 0.217 e. The molecule has 0 bridgehead atoms. The average molecular weight is 305 g/mol. The summed E-state index contributed by atoms with van der Waals surface area (Å²) in [5, 5.41) is 1.11. The number of carbonyl (C=O) groups excluding carboxylic acids is 1. The van der Waals surface area contributed by atoms with E-state index >= 15 is 0 Å². The van der Waals surface area contributed by atoms with Crippen molar-refractivity contribution in [3.63, 3.8) is 0 Å². The highest BCUT2D eigenvalue weighted by Crippen LogP contribution is 2.21. The van der Waals surface area contributed by atoms with Gasteiger partial charge in [-0.15, -0.1) is 0 Å². The lowest BCUT2D eigenvalue weighted by molar-refractivity contribution is -0.119. The number of nitrogens with two attached hydrogens (primary N) is 1. The second-order valence-electron chi connectivity index (χ2n) is 5.33. The molecule has 0 saturated carbocycles. The Bertz CT molecular complexity index is 227. The molecule has 17 heavy (non-hydrogen) atoms. The van der Waals surface area contributed by atoms with Gasteiger partial charge in [0.05, 0.1) is 0 Å². The zero-order chi connectivity index (χ0) is 12.7. The summed E-state index contributed by atoms with van der Waals surface area (Å²) in [6.07, 6.45) is 5.39. The van der Waals surface area contributed by atoms with Gasteiger partial charge in [0.25, 0.3) is 0 Å². The van der Waals surface area contributed by atoms with Crippen molar-refractivity contribution in [2.24, 2.45) is 17.6 Å². The van der Waals surface area contributed by atoms with E-state index in [1.54, 1.807) is 0 Å². The first kappa shape index (κ1) is 15.0. The number of hydrogen-bond acceptors (Lipinski definition) is 2. The van der Waals surface area contributed by atoms with Crippen LogP contribution in [0, 0.1) is 11.8 Å². The fourth-order valence-corrected chi connectivity index (χ4v) is 3.21. The normalized spacial score (nSPS) is 20.4. The third-order valence-electron chi connectivity index (χ3n) is 3.74. The first-order valence-electron chi connectivity index (χ1n) is 6.68. The molecule has 1 rings (SSSR count). The van der Waals surface area contributed by atoms with Crippen molar-refractivity contribution in [2.75, 3.05) is 25.0 Å². The molecule has 100 valence electrons. The van der Waals surface area contributed by atoms with E-state index in [0.717, 1.165) is 37.2 Å². The van der Waals surface area contributed by atoms with Crippen molar-refractivity contribution >= 4 is 21.8 Å². The summed E-state index contributed by atoms with van der Waals surface area (Å²) in [7, 11) is 0. The third kappa shape index (κ3) is 6.41. The van der Waals surface area contributed by atoms with Crippen LogP contribution >= 0.6 is 15.9 Å². The number of nitrogens with zero attached hydrogens (tertiary/aromatic N) is 1. The molecule has 0 aromatic heterocycles. The Hall–Kier alpha value is -0.0900. The molecule has 2 N–H and O–H groups in total. The van der Waals surface area contributed by atoms with Gasteiger partial charge in [0.15, 0.2) is 0 Å². The number of alkyl halides is 1. The van der Waals surface area contributed by atoms with E-state index in [0.29, 0.717) is 12.3 Å². The van der Waals surface area contributed by atoms with Crippen molar-refractivity contribution in [1.29, 1.82) is 0 Å². The molecule has 1 fully saturated rings. The Morgan fingerprint density at radius 1 is 1.41 bits per heavy atom. The molecule has 0 spiro atoms. The Balaban J connectivity index is 2.12. The number of halogens is 1. The summed E-state index contributed by atoms with van der Waals surface area (Å²) in [5.74, 6) is 1.19. The standard InChI is InChI=1S/C13H25BrN2O/c1-11(2-6-14)3-7-16-8-4-12(5-9-16)10-13(15)17/h11-12H,2-10H2,1H3,(H2,15,17). The van der Waals surface area contributed by atoms with Crippen LogP contribution in [0.25, 0.3) is 0 Å². The number of piperidine rings is 1. The molecule has 3 nitrogen and oxygen atoms in total. The monoisotopic (exact) mass is 304 g/mol. The van der Waals surface area contributed by atoms with Crippen LogP contribution in [0.15, 0.2) is 0 Å². The summed E-state index contributed by atoms with van der Waals surface area (Å²) >= 11 is 3.49. The van der Waals surface area contributed by atoms with E-state index in [-0.39, 0.29) is 5.91 Å². The quantitative estimate of drug-likeness (QED) is 0.734. The summed E-state index contributed by atoms with van der Waals surface area (Å²) in [4.78, 5) is 13.4. The van der Waals surface area contributed by atoms with Crippen LogP contribution in [0.1, 0.15) is 39.0 Å². The molecule has 0 radical (unpaired) electrons. The SMILES string of the molecule is CC(CCBr)CCN1CCC(CC(N)=O)CC1. The number of hydrogen-bond donors (Lipinski definition) is 1. The molecule has 4 heteroatoms.